The normalized spacial score (nSPS) is 28.7. The Kier molecular flexibility index (Phi) is 3.13. The fraction of sp³-hybridized carbons (Fsp3) is 0.500. The molecule has 0 N–H and O–H groups in total. The van der Waals surface area contributed by atoms with Gasteiger partial charge in [-0.15, -0.1) is 0 Å². The third-order valence-corrected chi connectivity index (χ3v) is 5.26. The van der Waals surface area contributed by atoms with Crippen molar-refractivity contribution in [3.05, 3.63) is 41.5 Å². The van der Waals surface area contributed by atoms with Gasteiger partial charge in [-0.3, -0.25) is 4.79 Å². The standard InChI is InChI=1S/C18H20O4/c1-20-16(19)17-7-6-13-4-2-3-5-14(13)15(17)12-18(9-8-17)21-10-11-22-18/h2-5,12H,6-11H2,1H3. The van der Waals surface area contributed by atoms with Crippen molar-refractivity contribution in [2.45, 2.75) is 31.5 Å². The molecule has 1 saturated heterocycles. The molecule has 4 nitrogen and oxygen atoms in total. The summed E-state index contributed by atoms with van der Waals surface area (Å²) in [7, 11) is 1.47. The van der Waals surface area contributed by atoms with E-state index in [0.717, 1.165) is 24.0 Å². The molecule has 1 aromatic carbocycles. The highest BCUT2D eigenvalue weighted by Gasteiger charge is 2.53. The van der Waals surface area contributed by atoms with E-state index in [1.54, 1.807) is 0 Å². The van der Waals surface area contributed by atoms with Crippen molar-refractivity contribution in [2.24, 2.45) is 5.41 Å². The number of hydrogen-bond acceptors (Lipinski definition) is 4. The van der Waals surface area contributed by atoms with Gasteiger partial charge in [-0.25, -0.2) is 0 Å². The highest BCUT2D eigenvalue weighted by Crippen LogP contribution is 2.54. The highest BCUT2D eigenvalue weighted by molar-refractivity contribution is 5.95. The Morgan fingerprint density at radius 3 is 2.68 bits per heavy atom. The van der Waals surface area contributed by atoms with E-state index in [1.165, 1.54) is 12.7 Å². The maximum absolute atomic E-state index is 12.6. The van der Waals surface area contributed by atoms with Crippen LogP contribution in [0.25, 0.3) is 5.57 Å². The van der Waals surface area contributed by atoms with E-state index < -0.39 is 11.2 Å². The van der Waals surface area contributed by atoms with Gasteiger partial charge in [0.15, 0.2) is 5.79 Å². The van der Waals surface area contributed by atoms with Gasteiger partial charge in [0.05, 0.1) is 25.7 Å². The van der Waals surface area contributed by atoms with E-state index >= 15 is 0 Å². The molecule has 3 aliphatic rings. The van der Waals surface area contributed by atoms with Crippen LogP contribution in [0.3, 0.4) is 0 Å². The first-order valence-electron chi connectivity index (χ1n) is 7.87. The van der Waals surface area contributed by atoms with E-state index in [4.69, 9.17) is 14.2 Å². The SMILES string of the molecule is COC(=O)C12CCc3ccccc3C1=CC1(CC2)OCCO1. The molecule has 1 spiro atoms. The second-order valence-electron chi connectivity index (χ2n) is 6.30. The van der Waals surface area contributed by atoms with Gasteiger partial charge in [-0.1, -0.05) is 24.3 Å². The molecule has 116 valence electrons. The van der Waals surface area contributed by atoms with Gasteiger partial charge in [0, 0.05) is 6.42 Å². The Balaban J connectivity index is 1.89. The zero-order valence-electron chi connectivity index (χ0n) is 12.8. The summed E-state index contributed by atoms with van der Waals surface area (Å²) in [5, 5.41) is 0. The van der Waals surface area contributed by atoms with Crippen molar-refractivity contribution in [1.29, 1.82) is 0 Å². The minimum Gasteiger partial charge on any atom is -0.468 e. The van der Waals surface area contributed by atoms with Crippen molar-refractivity contribution in [1.82, 2.24) is 0 Å². The van der Waals surface area contributed by atoms with Gasteiger partial charge in [0.25, 0.3) is 0 Å². The summed E-state index contributed by atoms with van der Waals surface area (Å²) in [6.45, 7) is 1.22. The molecule has 1 atom stereocenters. The lowest BCUT2D eigenvalue weighted by Crippen LogP contribution is -2.44. The van der Waals surface area contributed by atoms with Crippen LogP contribution in [0.2, 0.25) is 0 Å². The molecule has 0 saturated carbocycles. The molecule has 1 heterocycles. The molecule has 1 fully saturated rings. The van der Waals surface area contributed by atoms with Crippen molar-refractivity contribution in [3.8, 4) is 0 Å². The summed E-state index contributed by atoms with van der Waals surface area (Å²) in [5.74, 6) is -0.793. The number of hydrogen-bond donors (Lipinski definition) is 0. The second-order valence-corrected chi connectivity index (χ2v) is 6.30. The molecule has 4 heteroatoms. The smallest absolute Gasteiger partial charge is 0.316 e. The molecule has 0 bridgehead atoms. The monoisotopic (exact) mass is 300 g/mol. The molecular formula is C18H20O4. The van der Waals surface area contributed by atoms with Gasteiger partial charge in [-0.2, -0.15) is 0 Å². The Morgan fingerprint density at radius 1 is 1.14 bits per heavy atom. The largest absolute Gasteiger partial charge is 0.468 e. The number of carbonyl (C=O) groups is 1. The van der Waals surface area contributed by atoms with Crippen LogP contribution in [0, 0.1) is 5.41 Å². The van der Waals surface area contributed by atoms with Crippen molar-refractivity contribution in [3.63, 3.8) is 0 Å². The fourth-order valence-corrected chi connectivity index (χ4v) is 4.10. The molecule has 22 heavy (non-hydrogen) atoms. The predicted octanol–water partition coefficient (Wildman–Crippen LogP) is 2.71. The summed E-state index contributed by atoms with van der Waals surface area (Å²) >= 11 is 0. The maximum Gasteiger partial charge on any atom is 0.316 e. The molecule has 0 amide bonds. The molecular weight excluding hydrogens is 280 g/mol. The number of esters is 1. The lowest BCUT2D eigenvalue weighted by molar-refractivity contribution is -0.157. The first-order chi connectivity index (χ1) is 10.7. The number of ether oxygens (including phenoxy) is 3. The van der Waals surface area contributed by atoms with Gasteiger partial charge in [-0.05, 0) is 42.0 Å². The summed E-state index contributed by atoms with van der Waals surface area (Å²) in [6.07, 6.45) is 5.14. The molecule has 1 unspecified atom stereocenters. The van der Waals surface area contributed by atoms with Gasteiger partial charge in [0.2, 0.25) is 0 Å². The van der Waals surface area contributed by atoms with E-state index in [2.05, 4.69) is 12.1 Å². The Labute approximate surface area is 130 Å². The summed E-state index contributed by atoms with van der Waals surface area (Å²) < 4.78 is 16.9. The van der Waals surface area contributed by atoms with Crippen LogP contribution in [0.4, 0.5) is 0 Å². The Bertz CT molecular complexity index is 642. The number of benzene rings is 1. The Morgan fingerprint density at radius 2 is 1.91 bits per heavy atom. The summed E-state index contributed by atoms with van der Waals surface area (Å²) in [4.78, 5) is 12.6. The van der Waals surface area contributed by atoms with Crippen LogP contribution < -0.4 is 0 Å². The highest BCUT2D eigenvalue weighted by atomic mass is 16.7. The van der Waals surface area contributed by atoms with Crippen LogP contribution >= 0.6 is 0 Å². The van der Waals surface area contributed by atoms with Gasteiger partial charge in [0.1, 0.15) is 0 Å². The summed E-state index contributed by atoms with van der Waals surface area (Å²) in [6, 6.07) is 8.29. The average molecular weight is 300 g/mol. The topological polar surface area (TPSA) is 44.8 Å². The average Bonchev–Trinajstić information content (AvgIpc) is 3.02. The van der Waals surface area contributed by atoms with E-state index in [0.29, 0.717) is 26.1 Å². The zero-order chi connectivity index (χ0) is 15.2. The maximum atomic E-state index is 12.6. The third-order valence-electron chi connectivity index (χ3n) is 5.26. The first-order valence-corrected chi connectivity index (χ1v) is 7.87. The predicted molar refractivity (Wildman–Crippen MR) is 81.1 cm³/mol. The molecule has 0 radical (unpaired) electrons. The first kappa shape index (κ1) is 14.0. The fourth-order valence-electron chi connectivity index (χ4n) is 4.10. The van der Waals surface area contributed by atoms with Gasteiger partial charge >= 0.3 is 5.97 Å². The van der Waals surface area contributed by atoms with Gasteiger partial charge < -0.3 is 14.2 Å². The number of carbonyl (C=O) groups excluding carboxylic acids is 1. The zero-order valence-corrected chi connectivity index (χ0v) is 12.8. The van der Waals surface area contributed by atoms with Crippen molar-refractivity contribution < 1.29 is 19.0 Å². The molecule has 2 aliphatic carbocycles. The van der Waals surface area contributed by atoms with Crippen LogP contribution in [-0.4, -0.2) is 32.1 Å². The van der Waals surface area contributed by atoms with Crippen molar-refractivity contribution in [2.75, 3.05) is 20.3 Å². The third kappa shape index (κ3) is 1.87. The lowest BCUT2D eigenvalue weighted by Gasteiger charge is -2.44. The molecule has 0 aromatic heterocycles. The van der Waals surface area contributed by atoms with Crippen LogP contribution in [0.1, 0.15) is 30.4 Å². The molecule has 4 rings (SSSR count). The number of aryl methyl sites for hydroxylation is 1. The molecule has 1 aromatic rings. The number of rotatable bonds is 1. The van der Waals surface area contributed by atoms with E-state index in [-0.39, 0.29) is 5.97 Å². The van der Waals surface area contributed by atoms with E-state index in [9.17, 15) is 4.79 Å². The minimum atomic E-state index is -0.655. The quantitative estimate of drug-likeness (QED) is 0.748. The summed E-state index contributed by atoms with van der Waals surface area (Å²) in [5.41, 5.74) is 2.89. The Hall–Kier alpha value is -1.65. The van der Waals surface area contributed by atoms with Crippen molar-refractivity contribution >= 4 is 11.5 Å². The number of methoxy groups -OCH3 is 1. The van der Waals surface area contributed by atoms with Crippen LogP contribution in [0.5, 0.6) is 0 Å². The molecule has 1 aliphatic heterocycles. The second kappa shape index (κ2) is 4.93. The minimum absolute atomic E-state index is 0.138. The van der Waals surface area contributed by atoms with Crippen LogP contribution in [0.15, 0.2) is 30.3 Å². The van der Waals surface area contributed by atoms with E-state index in [1.807, 2.05) is 18.2 Å². The van der Waals surface area contributed by atoms with Crippen LogP contribution in [-0.2, 0) is 25.4 Å². The lowest BCUT2D eigenvalue weighted by atomic mass is 9.62. The number of fused-ring (bicyclic) bond motifs is 3.